The van der Waals surface area contributed by atoms with Crippen molar-refractivity contribution < 1.29 is 4.92 Å². The monoisotopic (exact) mass is 287 g/mol. The maximum absolute atomic E-state index is 10.5. The van der Waals surface area contributed by atoms with Crippen LogP contribution in [0.25, 0.3) is 0 Å². The number of nitro groups is 1. The summed E-state index contributed by atoms with van der Waals surface area (Å²) >= 11 is 5.85. The minimum absolute atomic E-state index is 0.0620. The van der Waals surface area contributed by atoms with E-state index in [1.807, 2.05) is 6.07 Å². The predicted molar refractivity (Wildman–Crippen MR) is 76.6 cm³/mol. The first-order valence-corrected chi connectivity index (χ1v) is 6.15. The summed E-state index contributed by atoms with van der Waals surface area (Å²) in [4.78, 5) is 10.1. The van der Waals surface area contributed by atoms with E-state index in [1.54, 1.807) is 30.3 Å². The first kappa shape index (κ1) is 13.8. The van der Waals surface area contributed by atoms with Gasteiger partial charge in [0.15, 0.2) is 0 Å². The molecule has 0 radical (unpaired) electrons. The van der Waals surface area contributed by atoms with Crippen molar-refractivity contribution in [2.75, 3.05) is 5.32 Å². The van der Waals surface area contributed by atoms with E-state index in [2.05, 4.69) is 5.32 Å². The molecule has 2 aromatic carbocycles. The first-order valence-electron chi connectivity index (χ1n) is 5.77. The van der Waals surface area contributed by atoms with Crippen LogP contribution < -0.4 is 5.32 Å². The van der Waals surface area contributed by atoms with Crippen molar-refractivity contribution in [3.05, 3.63) is 68.7 Å². The van der Waals surface area contributed by atoms with E-state index >= 15 is 0 Å². The smallest absolute Gasteiger partial charge is 0.269 e. The average molecular weight is 288 g/mol. The second-order valence-corrected chi connectivity index (χ2v) is 4.49. The van der Waals surface area contributed by atoms with Crippen molar-refractivity contribution in [1.29, 1.82) is 5.26 Å². The Morgan fingerprint density at radius 1 is 1.25 bits per heavy atom. The third-order valence-electron chi connectivity index (χ3n) is 2.73. The molecule has 2 rings (SSSR count). The molecular formula is C14H10ClN3O2. The van der Waals surface area contributed by atoms with E-state index in [9.17, 15) is 10.1 Å². The molecule has 6 heteroatoms. The number of hydrogen-bond donors (Lipinski definition) is 1. The van der Waals surface area contributed by atoms with Crippen molar-refractivity contribution in [2.45, 2.75) is 6.54 Å². The van der Waals surface area contributed by atoms with Crippen LogP contribution in [0.4, 0.5) is 11.4 Å². The summed E-state index contributed by atoms with van der Waals surface area (Å²) in [6.45, 7) is 0.504. The Morgan fingerprint density at radius 2 is 1.95 bits per heavy atom. The number of nitriles is 1. The lowest BCUT2D eigenvalue weighted by Crippen LogP contribution is -2.00. The van der Waals surface area contributed by atoms with Gasteiger partial charge in [0.25, 0.3) is 5.69 Å². The Hall–Kier alpha value is -2.58. The summed E-state index contributed by atoms with van der Waals surface area (Å²) in [5.41, 5.74) is 2.14. The van der Waals surface area contributed by atoms with E-state index in [4.69, 9.17) is 16.9 Å². The van der Waals surface area contributed by atoms with Crippen molar-refractivity contribution in [3.63, 3.8) is 0 Å². The Morgan fingerprint density at radius 3 is 2.55 bits per heavy atom. The summed E-state index contributed by atoms with van der Waals surface area (Å²) in [5, 5.41) is 23.0. The normalized spacial score (nSPS) is 9.80. The molecule has 0 saturated carbocycles. The topological polar surface area (TPSA) is 79.0 Å². The zero-order chi connectivity index (χ0) is 14.5. The Balaban J connectivity index is 2.05. The molecule has 0 aliphatic rings. The van der Waals surface area contributed by atoms with Crippen molar-refractivity contribution in [2.24, 2.45) is 0 Å². The van der Waals surface area contributed by atoms with E-state index < -0.39 is 4.92 Å². The molecule has 20 heavy (non-hydrogen) atoms. The van der Waals surface area contributed by atoms with Crippen LogP contribution >= 0.6 is 11.6 Å². The predicted octanol–water partition coefficient (Wildman–Crippen LogP) is 3.73. The second kappa shape index (κ2) is 6.04. The van der Waals surface area contributed by atoms with E-state index in [-0.39, 0.29) is 5.69 Å². The lowest BCUT2D eigenvalue weighted by atomic mass is 10.2. The van der Waals surface area contributed by atoms with Crippen molar-refractivity contribution in [1.82, 2.24) is 0 Å². The molecule has 0 spiro atoms. The third kappa shape index (κ3) is 3.25. The van der Waals surface area contributed by atoms with Crippen molar-refractivity contribution >= 4 is 23.0 Å². The number of benzene rings is 2. The maximum atomic E-state index is 10.5. The van der Waals surface area contributed by atoms with E-state index in [1.165, 1.54) is 12.1 Å². The van der Waals surface area contributed by atoms with Crippen LogP contribution in [-0.4, -0.2) is 4.92 Å². The average Bonchev–Trinajstić information content (AvgIpc) is 2.46. The fourth-order valence-corrected chi connectivity index (χ4v) is 1.82. The van der Waals surface area contributed by atoms with Crippen LogP contribution in [0.2, 0.25) is 5.02 Å². The molecule has 0 aromatic heterocycles. The highest BCUT2D eigenvalue weighted by Crippen LogP contribution is 2.20. The molecule has 0 aliphatic carbocycles. The zero-order valence-electron chi connectivity index (χ0n) is 10.3. The summed E-state index contributed by atoms with van der Waals surface area (Å²) in [7, 11) is 0. The minimum atomic E-state index is -0.435. The number of non-ortho nitro benzene ring substituents is 1. The van der Waals surface area contributed by atoms with Gasteiger partial charge in [-0.3, -0.25) is 10.1 Å². The number of halogens is 1. The van der Waals surface area contributed by atoms with Crippen LogP contribution in [0.1, 0.15) is 11.1 Å². The van der Waals surface area contributed by atoms with Gasteiger partial charge in [-0.2, -0.15) is 5.26 Å². The SMILES string of the molecule is N#Cc1cc(NCc2ccc([N+](=O)[O-])cc2)ccc1Cl. The van der Waals surface area contributed by atoms with Crippen LogP contribution in [0.15, 0.2) is 42.5 Å². The molecule has 0 saturated heterocycles. The van der Waals surface area contributed by atoms with Gasteiger partial charge in [0, 0.05) is 24.4 Å². The Bertz CT molecular complexity index is 678. The summed E-state index contributed by atoms with van der Waals surface area (Å²) in [6, 6.07) is 13.4. The Kier molecular flexibility index (Phi) is 4.18. The van der Waals surface area contributed by atoms with E-state index in [0.29, 0.717) is 17.1 Å². The van der Waals surface area contributed by atoms with E-state index in [0.717, 1.165) is 11.3 Å². The summed E-state index contributed by atoms with van der Waals surface area (Å²) < 4.78 is 0. The first-order chi connectivity index (χ1) is 9.60. The summed E-state index contributed by atoms with van der Waals surface area (Å²) in [6.07, 6.45) is 0. The van der Waals surface area contributed by atoms with Crippen molar-refractivity contribution in [3.8, 4) is 6.07 Å². The van der Waals surface area contributed by atoms with Gasteiger partial charge >= 0.3 is 0 Å². The van der Waals surface area contributed by atoms with Gasteiger partial charge in [-0.25, -0.2) is 0 Å². The van der Waals surface area contributed by atoms with Crippen LogP contribution in [0.3, 0.4) is 0 Å². The van der Waals surface area contributed by atoms with Gasteiger partial charge in [-0.1, -0.05) is 23.7 Å². The molecule has 0 bridgehead atoms. The quantitative estimate of drug-likeness (QED) is 0.686. The molecular weight excluding hydrogens is 278 g/mol. The zero-order valence-corrected chi connectivity index (χ0v) is 11.1. The highest BCUT2D eigenvalue weighted by Gasteiger charge is 2.04. The van der Waals surface area contributed by atoms with Crippen LogP contribution in [-0.2, 0) is 6.54 Å². The number of nitrogens with zero attached hydrogens (tertiary/aromatic N) is 2. The molecule has 1 N–H and O–H groups in total. The molecule has 5 nitrogen and oxygen atoms in total. The number of rotatable bonds is 4. The fourth-order valence-electron chi connectivity index (χ4n) is 1.66. The van der Waals surface area contributed by atoms with Gasteiger partial charge in [0.2, 0.25) is 0 Å². The molecule has 0 heterocycles. The lowest BCUT2D eigenvalue weighted by Gasteiger charge is -2.07. The van der Waals surface area contributed by atoms with Gasteiger partial charge in [0.05, 0.1) is 15.5 Å². The summed E-state index contributed by atoms with van der Waals surface area (Å²) in [5.74, 6) is 0. The molecule has 2 aromatic rings. The molecule has 100 valence electrons. The second-order valence-electron chi connectivity index (χ2n) is 4.08. The number of nitro benzene ring substituents is 1. The van der Waals surface area contributed by atoms with Gasteiger partial charge in [-0.05, 0) is 23.8 Å². The fraction of sp³-hybridized carbons (Fsp3) is 0.0714. The number of hydrogen-bond acceptors (Lipinski definition) is 4. The third-order valence-corrected chi connectivity index (χ3v) is 3.06. The van der Waals surface area contributed by atoms with Gasteiger partial charge < -0.3 is 5.32 Å². The number of nitrogens with one attached hydrogen (secondary N) is 1. The van der Waals surface area contributed by atoms with Crippen LogP contribution in [0, 0.1) is 21.4 Å². The molecule has 0 aliphatic heterocycles. The maximum Gasteiger partial charge on any atom is 0.269 e. The molecule has 0 amide bonds. The van der Waals surface area contributed by atoms with Crippen LogP contribution in [0.5, 0.6) is 0 Å². The highest BCUT2D eigenvalue weighted by molar-refractivity contribution is 6.31. The standard InChI is InChI=1S/C14H10ClN3O2/c15-14-6-3-12(7-11(14)8-16)17-9-10-1-4-13(5-2-10)18(19)20/h1-7,17H,9H2. The highest BCUT2D eigenvalue weighted by atomic mass is 35.5. The largest absolute Gasteiger partial charge is 0.381 e. The van der Waals surface area contributed by atoms with Gasteiger partial charge in [-0.15, -0.1) is 0 Å². The molecule has 0 fully saturated rings. The Labute approximate surface area is 120 Å². The van der Waals surface area contributed by atoms with Gasteiger partial charge in [0.1, 0.15) is 6.07 Å². The lowest BCUT2D eigenvalue weighted by molar-refractivity contribution is -0.384. The molecule has 0 unspecified atom stereocenters. The molecule has 0 atom stereocenters. The number of anilines is 1. The minimum Gasteiger partial charge on any atom is -0.381 e.